The number of likely N-dealkylation sites (tertiary alicyclic amines) is 1. The van der Waals surface area contributed by atoms with E-state index < -0.39 is 9.84 Å². The summed E-state index contributed by atoms with van der Waals surface area (Å²) in [5, 5.41) is 4.16. The molecule has 3 aromatic heterocycles. The number of pyridine rings is 1. The molecule has 0 aliphatic carbocycles. The topological polar surface area (TPSA) is 110 Å². The van der Waals surface area contributed by atoms with Crippen LogP contribution in [0.25, 0.3) is 5.78 Å². The molecular formula is C17H18N6O3S. The van der Waals surface area contributed by atoms with Crippen molar-refractivity contribution in [3.8, 4) is 0 Å². The summed E-state index contributed by atoms with van der Waals surface area (Å²) in [5.41, 5.74) is 0.903. The maximum Gasteiger partial charge on any atom is 0.272 e. The highest BCUT2D eigenvalue weighted by Gasteiger charge is 2.31. The van der Waals surface area contributed by atoms with Crippen LogP contribution in [0, 0.1) is 0 Å². The summed E-state index contributed by atoms with van der Waals surface area (Å²) in [6.45, 7) is 0.989. The highest BCUT2D eigenvalue weighted by molar-refractivity contribution is 7.90. The summed E-state index contributed by atoms with van der Waals surface area (Å²) in [7, 11) is -3.51. The van der Waals surface area contributed by atoms with Gasteiger partial charge in [-0.25, -0.2) is 13.4 Å². The number of hydrogen-bond donors (Lipinski definition) is 0. The van der Waals surface area contributed by atoms with Crippen molar-refractivity contribution < 1.29 is 13.2 Å². The predicted molar refractivity (Wildman–Crippen MR) is 96.0 cm³/mol. The van der Waals surface area contributed by atoms with E-state index in [1.165, 1.54) is 17.0 Å². The monoisotopic (exact) mass is 386 g/mol. The molecule has 1 fully saturated rings. The number of hydrogen-bond acceptors (Lipinski definition) is 7. The normalized spacial score (nSPS) is 18.0. The summed E-state index contributed by atoms with van der Waals surface area (Å²) >= 11 is 0. The predicted octanol–water partition coefficient (Wildman–Crippen LogP) is 0.943. The van der Waals surface area contributed by atoms with Crippen LogP contribution in [0.2, 0.25) is 0 Å². The largest absolute Gasteiger partial charge is 0.337 e. The summed E-state index contributed by atoms with van der Waals surface area (Å²) in [4.78, 5) is 26.9. The lowest BCUT2D eigenvalue weighted by Gasteiger charge is -2.33. The Bertz CT molecular complexity index is 1100. The number of nitrogens with zero attached hydrogens (tertiary/aromatic N) is 6. The van der Waals surface area contributed by atoms with Crippen molar-refractivity contribution in [1.29, 1.82) is 0 Å². The molecule has 4 rings (SSSR count). The molecule has 140 valence electrons. The van der Waals surface area contributed by atoms with Crippen molar-refractivity contribution in [2.45, 2.75) is 23.7 Å². The average molecular weight is 386 g/mol. The van der Waals surface area contributed by atoms with Gasteiger partial charge in [-0.2, -0.15) is 14.6 Å². The van der Waals surface area contributed by atoms with E-state index in [2.05, 4.69) is 20.1 Å². The maximum atomic E-state index is 12.8. The molecule has 1 unspecified atom stereocenters. The van der Waals surface area contributed by atoms with E-state index in [4.69, 9.17) is 0 Å². The van der Waals surface area contributed by atoms with Crippen molar-refractivity contribution in [3.63, 3.8) is 0 Å². The fourth-order valence-corrected chi connectivity index (χ4v) is 4.35. The van der Waals surface area contributed by atoms with E-state index in [9.17, 15) is 13.2 Å². The van der Waals surface area contributed by atoms with Crippen LogP contribution in [0.5, 0.6) is 0 Å². The van der Waals surface area contributed by atoms with Gasteiger partial charge in [0.05, 0.1) is 11.9 Å². The summed E-state index contributed by atoms with van der Waals surface area (Å²) < 4.78 is 26.1. The Morgan fingerprint density at radius 1 is 1.22 bits per heavy atom. The molecule has 0 N–H and O–H groups in total. The summed E-state index contributed by atoms with van der Waals surface area (Å²) in [6, 6.07) is 5.20. The molecule has 1 saturated heterocycles. The SMILES string of the molecule is CS(=O)(=O)c1cnc2ncnn2c1C1CCCN(C(=O)c2ccccn2)C1. The molecule has 1 aliphatic rings. The van der Waals surface area contributed by atoms with Gasteiger partial charge in [0, 0.05) is 31.5 Å². The zero-order chi connectivity index (χ0) is 19.0. The van der Waals surface area contributed by atoms with Gasteiger partial charge in [0.25, 0.3) is 11.7 Å². The minimum Gasteiger partial charge on any atom is -0.337 e. The molecule has 0 aromatic carbocycles. The first-order valence-electron chi connectivity index (χ1n) is 8.54. The standard InChI is InChI=1S/C17H18N6O3S/c1-27(25,26)14-9-19-17-20-11-21-23(17)15(14)12-5-4-8-22(10-12)16(24)13-6-2-3-7-18-13/h2-3,6-7,9,11-12H,4-5,8,10H2,1H3. The number of aromatic nitrogens is 5. The van der Waals surface area contributed by atoms with Crippen LogP contribution in [-0.4, -0.2) is 63.1 Å². The quantitative estimate of drug-likeness (QED) is 0.659. The van der Waals surface area contributed by atoms with E-state index in [1.54, 1.807) is 29.3 Å². The fourth-order valence-electron chi connectivity index (χ4n) is 3.48. The highest BCUT2D eigenvalue weighted by atomic mass is 32.2. The average Bonchev–Trinajstić information content (AvgIpc) is 3.15. The van der Waals surface area contributed by atoms with Crippen LogP contribution < -0.4 is 0 Å². The Morgan fingerprint density at radius 2 is 2.07 bits per heavy atom. The molecule has 0 radical (unpaired) electrons. The third kappa shape index (κ3) is 3.27. The number of amides is 1. The van der Waals surface area contributed by atoms with Crippen molar-refractivity contribution in [2.75, 3.05) is 19.3 Å². The number of sulfone groups is 1. The first-order valence-corrected chi connectivity index (χ1v) is 10.4. The Kier molecular flexibility index (Phi) is 4.34. The molecule has 0 spiro atoms. The molecular weight excluding hydrogens is 368 g/mol. The van der Waals surface area contributed by atoms with Gasteiger partial charge >= 0.3 is 0 Å². The molecule has 10 heteroatoms. The smallest absolute Gasteiger partial charge is 0.272 e. The zero-order valence-corrected chi connectivity index (χ0v) is 15.5. The molecule has 0 saturated carbocycles. The fraction of sp³-hybridized carbons (Fsp3) is 0.353. The van der Waals surface area contributed by atoms with Gasteiger partial charge in [-0.05, 0) is 25.0 Å². The van der Waals surface area contributed by atoms with Crippen molar-refractivity contribution >= 4 is 21.5 Å². The van der Waals surface area contributed by atoms with Crippen molar-refractivity contribution in [1.82, 2.24) is 29.5 Å². The first kappa shape index (κ1) is 17.5. The van der Waals surface area contributed by atoms with Gasteiger partial charge in [0.1, 0.15) is 16.9 Å². The molecule has 27 heavy (non-hydrogen) atoms. The van der Waals surface area contributed by atoms with Gasteiger partial charge in [0.2, 0.25) is 0 Å². The molecule has 4 heterocycles. The van der Waals surface area contributed by atoms with Crippen LogP contribution in [0.4, 0.5) is 0 Å². The molecule has 1 aliphatic heterocycles. The third-order valence-electron chi connectivity index (χ3n) is 4.69. The lowest BCUT2D eigenvalue weighted by atomic mass is 9.94. The van der Waals surface area contributed by atoms with Crippen LogP contribution in [0.3, 0.4) is 0 Å². The van der Waals surface area contributed by atoms with E-state index in [1.807, 2.05) is 0 Å². The Balaban J connectivity index is 1.73. The molecule has 0 bridgehead atoms. The van der Waals surface area contributed by atoms with Gasteiger partial charge in [0.15, 0.2) is 9.84 Å². The lowest BCUT2D eigenvalue weighted by molar-refractivity contribution is 0.0698. The Labute approximate surface area is 156 Å². The van der Waals surface area contributed by atoms with Gasteiger partial charge in [-0.15, -0.1) is 0 Å². The van der Waals surface area contributed by atoms with Crippen molar-refractivity contribution in [3.05, 3.63) is 48.3 Å². The van der Waals surface area contributed by atoms with E-state index in [0.29, 0.717) is 30.3 Å². The molecule has 9 nitrogen and oxygen atoms in total. The zero-order valence-electron chi connectivity index (χ0n) is 14.7. The summed E-state index contributed by atoms with van der Waals surface area (Å²) in [6.07, 6.45) is 6.90. The van der Waals surface area contributed by atoms with E-state index in [0.717, 1.165) is 19.1 Å². The van der Waals surface area contributed by atoms with Crippen LogP contribution in [0.1, 0.15) is 34.9 Å². The maximum absolute atomic E-state index is 12.8. The van der Waals surface area contributed by atoms with E-state index >= 15 is 0 Å². The molecule has 1 amide bonds. The number of carbonyl (C=O) groups excluding carboxylic acids is 1. The minimum atomic E-state index is -3.51. The number of carbonyl (C=O) groups is 1. The number of piperidine rings is 1. The first-order chi connectivity index (χ1) is 12.9. The second-order valence-corrected chi connectivity index (χ2v) is 8.54. The molecule has 3 aromatic rings. The molecule has 1 atom stereocenters. The van der Waals surface area contributed by atoms with Crippen LogP contribution in [0.15, 0.2) is 41.8 Å². The Hall–Kier alpha value is -2.88. The number of fused-ring (bicyclic) bond motifs is 1. The second kappa shape index (κ2) is 6.69. The number of rotatable bonds is 3. The van der Waals surface area contributed by atoms with Crippen LogP contribution >= 0.6 is 0 Å². The summed E-state index contributed by atoms with van der Waals surface area (Å²) in [5.74, 6) is -0.0148. The van der Waals surface area contributed by atoms with Crippen molar-refractivity contribution in [2.24, 2.45) is 0 Å². The van der Waals surface area contributed by atoms with Gasteiger partial charge < -0.3 is 4.90 Å². The third-order valence-corrected chi connectivity index (χ3v) is 5.80. The Morgan fingerprint density at radius 3 is 2.81 bits per heavy atom. The van der Waals surface area contributed by atoms with Gasteiger partial charge in [-0.1, -0.05) is 6.07 Å². The lowest BCUT2D eigenvalue weighted by Crippen LogP contribution is -2.40. The second-order valence-electron chi connectivity index (χ2n) is 6.56. The van der Waals surface area contributed by atoms with E-state index in [-0.39, 0.29) is 16.7 Å². The van der Waals surface area contributed by atoms with Gasteiger partial charge in [-0.3, -0.25) is 9.78 Å². The highest BCUT2D eigenvalue weighted by Crippen LogP contribution is 2.31. The van der Waals surface area contributed by atoms with Crippen LogP contribution in [-0.2, 0) is 9.84 Å². The minimum absolute atomic E-state index is 0.123.